The zero-order valence-corrected chi connectivity index (χ0v) is 11.8. The highest BCUT2D eigenvalue weighted by molar-refractivity contribution is 9.10. The van der Waals surface area contributed by atoms with E-state index in [1.165, 1.54) is 0 Å². The quantitative estimate of drug-likeness (QED) is 0.878. The first-order chi connectivity index (χ1) is 8.04. The fraction of sp³-hybridized carbons (Fsp3) is 0.462. The maximum absolute atomic E-state index is 11.7. The second kappa shape index (κ2) is 6.77. The van der Waals surface area contributed by atoms with E-state index in [-0.39, 0.29) is 17.9 Å². The van der Waals surface area contributed by atoms with Crippen molar-refractivity contribution in [1.29, 1.82) is 0 Å². The highest BCUT2D eigenvalue weighted by atomic mass is 79.9. The van der Waals surface area contributed by atoms with E-state index in [1.54, 1.807) is 0 Å². The summed E-state index contributed by atoms with van der Waals surface area (Å²) < 4.78 is 1.01. The van der Waals surface area contributed by atoms with Crippen molar-refractivity contribution in [1.82, 2.24) is 5.32 Å². The van der Waals surface area contributed by atoms with Gasteiger partial charge in [0.15, 0.2) is 0 Å². The number of amides is 1. The zero-order valence-electron chi connectivity index (χ0n) is 10.2. The molecule has 0 aliphatic carbocycles. The van der Waals surface area contributed by atoms with E-state index < -0.39 is 0 Å². The largest absolute Gasteiger partial charge is 0.350 e. The van der Waals surface area contributed by atoms with Gasteiger partial charge in [0.05, 0.1) is 6.04 Å². The summed E-state index contributed by atoms with van der Waals surface area (Å²) in [6.45, 7) is 4.49. The van der Waals surface area contributed by atoms with Crippen molar-refractivity contribution in [2.24, 2.45) is 11.7 Å². The summed E-state index contributed by atoms with van der Waals surface area (Å²) in [6.07, 6.45) is 0.477. The molecule has 1 aromatic rings. The number of hydrogen-bond donors (Lipinski definition) is 2. The molecule has 94 valence electrons. The number of rotatable bonds is 5. The summed E-state index contributed by atoms with van der Waals surface area (Å²) >= 11 is 3.48. The van der Waals surface area contributed by atoms with Crippen molar-refractivity contribution in [3.8, 4) is 0 Å². The van der Waals surface area contributed by atoms with Gasteiger partial charge in [-0.3, -0.25) is 4.79 Å². The number of nitrogens with one attached hydrogen (secondary N) is 1. The van der Waals surface area contributed by atoms with Crippen LogP contribution in [-0.2, 0) is 4.79 Å². The fourth-order valence-corrected chi connectivity index (χ4v) is 2.23. The van der Waals surface area contributed by atoms with Gasteiger partial charge < -0.3 is 11.1 Å². The highest BCUT2D eigenvalue weighted by Gasteiger charge is 2.13. The third kappa shape index (κ3) is 4.48. The smallest absolute Gasteiger partial charge is 0.220 e. The first kappa shape index (κ1) is 14.2. The molecule has 4 heteroatoms. The molecule has 0 bridgehead atoms. The standard InChI is InChI=1S/C13H19BrN2O/c1-9(8-15)7-13(17)16-10(2)11-5-3-4-6-12(11)14/h3-6,9-10H,7-8,15H2,1-2H3,(H,16,17)/t9?,10-/m0/s1. The maximum atomic E-state index is 11.7. The van der Waals surface area contributed by atoms with Gasteiger partial charge in [0.2, 0.25) is 5.91 Å². The molecule has 1 rings (SSSR count). The van der Waals surface area contributed by atoms with Crippen LogP contribution in [0.2, 0.25) is 0 Å². The molecule has 17 heavy (non-hydrogen) atoms. The molecule has 3 N–H and O–H groups in total. The van der Waals surface area contributed by atoms with Crippen molar-refractivity contribution in [3.05, 3.63) is 34.3 Å². The van der Waals surface area contributed by atoms with Crippen molar-refractivity contribution in [3.63, 3.8) is 0 Å². The lowest BCUT2D eigenvalue weighted by atomic mass is 10.1. The van der Waals surface area contributed by atoms with E-state index in [0.717, 1.165) is 10.0 Å². The van der Waals surface area contributed by atoms with Crippen LogP contribution >= 0.6 is 15.9 Å². The third-order valence-electron chi connectivity index (χ3n) is 2.69. The Balaban J connectivity index is 2.58. The fourth-order valence-electron chi connectivity index (χ4n) is 1.60. The predicted octanol–water partition coefficient (Wildman–Crippen LogP) is 2.61. The molecule has 0 radical (unpaired) electrons. The summed E-state index contributed by atoms with van der Waals surface area (Å²) in [4.78, 5) is 11.7. The average Bonchev–Trinajstić information content (AvgIpc) is 2.29. The third-order valence-corrected chi connectivity index (χ3v) is 3.41. The van der Waals surface area contributed by atoms with Gasteiger partial charge in [0, 0.05) is 10.9 Å². The molecule has 0 aliphatic heterocycles. The lowest BCUT2D eigenvalue weighted by molar-refractivity contribution is -0.122. The number of carbonyl (C=O) groups excluding carboxylic acids is 1. The van der Waals surface area contributed by atoms with E-state index in [1.807, 2.05) is 38.1 Å². The highest BCUT2D eigenvalue weighted by Crippen LogP contribution is 2.22. The molecule has 1 aromatic carbocycles. The first-order valence-corrected chi connectivity index (χ1v) is 6.57. The normalized spacial score (nSPS) is 14.1. The molecule has 0 aliphatic rings. The second-order valence-corrected chi connectivity index (χ2v) is 5.21. The van der Waals surface area contributed by atoms with Crippen LogP contribution in [0, 0.1) is 5.92 Å². The van der Waals surface area contributed by atoms with Gasteiger partial charge in [-0.25, -0.2) is 0 Å². The van der Waals surface area contributed by atoms with Crippen LogP contribution in [0.25, 0.3) is 0 Å². The SMILES string of the molecule is CC(CN)CC(=O)N[C@@H](C)c1ccccc1Br. The van der Waals surface area contributed by atoms with Crippen molar-refractivity contribution < 1.29 is 4.79 Å². The van der Waals surface area contributed by atoms with E-state index in [9.17, 15) is 4.79 Å². The van der Waals surface area contributed by atoms with Gasteiger partial charge in [-0.1, -0.05) is 41.1 Å². The molecule has 0 aromatic heterocycles. The van der Waals surface area contributed by atoms with E-state index in [4.69, 9.17) is 5.73 Å². The van der Waals surface area contributed by atoms with Gasteiger partial charge in [-0.2, -0.15) is 0 Å². The summed E-state index contributed by atoms with van der Waals surface area (Å²) in [5, 5.41) is 2.98. The zero-order chi connectivity index (χ0) is 12.8. The molecule has 0 saturated carbocycles. The number of hydrogen-bond acceptors (Lipinski definition) is 2. The first-order valence-electron chi connectivity index (χ1n) is 5.78. The van der Waals surface area contributed by atoms with Crippen LogP contribution < -0.4 is 11.1 Å². The lowest BCUT2D eigenvalue weighted by Crippen LogP contribution is -2.29. The average molecular weight is 299 g/mol. The van der Waals surface area contributed by atoms with E-state index in [0.29, 0.717) is 13.0 Å². The monoisotopic (exact) mass is 298 g/mol. The van der Waals surface area contributed by atoms with Crippen LogP contribution in [0.4, 0.5) is 0 Å². The van der Waals surface area contributed by atoms with Crippen molar-refractivity contribution >= 4 is 21.8 Å². The van der Waals surface area contributed by atoms with Gasteiger partial charge in [-0.15, -0.1) is 0 Å². The lowest BCUT2D eigenvalue weighted by Gasteiger charge is -2.17. The Morgan fingerprint density at radius 1 is 1.41 bits per heavy atom. The molecular formula is C13H19BrN2O. The Kier molecular flexibility index (Phi) is 5.65. The molecule has 1 unspecified atom stereocenters. The summed E-state index contributed by atoms with van der Waals surface area (Å²) in [6, 6.07) is 7.90. The number of carbonyl (C=O) groups is 1. The molecule has 0 heterocycles. The van der Waals surface area contributed by atoms with Gasteiger partial charge >= 0.3 is 0 Å². The Hall–Kier alpha value is -0.870. The van der Waals surface area contributed by atoms with Crippen LogP contribution in [0.5, 0.6) is 0 Å². The predicted molar refractivity (Wildman–Crippen MR) is 73.5 cm³/mol. The van der Waals surface area contributed by atoms with Gasteiger partial charge in [0.25, 0.3) is 0 Å². The van der Waals surface area contributed by atoms with Crippen molar-refractivity contribution in [2.75, 3.05) is 6.54 Å². The molecule has 0 spiro atoms. The number of nitrogens with two attached hydrogens (primary N) is 1. The van der Waals surface area contributed by atoms with Crippen LogP contribution in [0.3, 0.4) is 0 Å². The molecule has 2 atom stereocenters. The molecule has 0 saturated heterocycles. The molecule has 0 fully saturated rings. The minimum atomic E-state index is 0.00282. The van der Waals surface area contributed by atoms with Gasteiger partial charge in [0.1, 0.15) is 0 Å². The van der Waals surface area contributed by atoms with Crippen LogP contribution in [0.1, 0.15) is 31.9 Å². The number of halogens is 1. The molecule has 1 amide bonds. The maximum Gasteiger partial charge on any atom is 0.220 e. The summed E-state index contributed by atoms with van der Waals surface area (Å²) in [7, 11) is 0. The number of benzene rings is 1. The molecular weight excluding hydrogens is 280 g/mol. The minimum Gasteiger partial charge on any atom is -0.350 e. The summed E-state index contributed by atoms with van der Waals surface area (Å²) in [5.41, 5.74) is 6.58. The van der Waals surface area contributed by atoms with Crippen LogP contribution in [-0.4, -0.2) is 12.5 Å². The topological polar surface area (TPSA) is 55.1 Å². The van der Waals surface area contributed by atoms with E-state index >= 15 is 0 Å². The summed E-state index contributed by atoms with van der Waals surface area (Å²) in [5.74, 6) is 0.271. The van der Waals surface area contributed by atoms with Gasteiger partial charge in [-0.05, 0) is 31.0 Å². The Bertz CT molecular complexity index is 381. The molecule has 3 nitrogen and oxygen atoms in total. The van der Waals surface area contributed by atoms with Crippen LogP contribution in [0.15, 0.2) is 28.7 Å². The second-order valence-electron chi connectivity index (χ2n) is 4.36. The van der Waals surface area contributed by atoms with Crippen molar-refractivity contribution in [2.45, 2.75) is 26.3 Å². The Morgan fingerprint density at radius 2 is 2.06 bits per heavy atom. The Labute approximate surface area is 111 Å². The van der Waals surface area contributed by atoms with E-state index in [2.05, 4.69) is 21.2 Å². The Morgan fingerprint density at radius 3 is 2.65 bits per heavy atom. The minimum absolute atomic E-state index is 0.00282.